The molecular weight excluding hydrogens is 230 g/mol. The molecule has 18 heavy (non-hydrogen) atoms. The minimum atomic E-state index is -0.412. The van der Waals surface area contributed by atoms with E-state index in [0.717, 1.165) is 5.56 Å². The van der Waals surface area contributed by atoms with Gasteiger partial charge in [0, 0.05) is 23.0 Å². The predicted octanol–water partition coefficient (Wildman–Crippen LogP) is 2.73. The number of anilines is 2. The molecule has 92 valence electrons. The van der Waals surface area contributed by atoms with Crippen LogP contribution in [0.15, 0.2) is 36.4 Å². The van der Waals surface area contributed by atoms with Gasteiger partial charge in [0.1, 0.15) is 0 Å². The summed E-state index contributed by atoms with van der Waals surface area (Å²) in [4.78, 5) is 10.7. The molecule has 0 saturated carbocycles. The SMILES string of the molecule is Cc1ccc(-c2cc(N)ccc2N)c([N+](=O)[O-])c1. The second-order valence-corrected chi connectivity index (χ2v) is 4.12. The minimum absolute atomic E-state index is 0.0345. The average molecular weight is 243 g/mol. The Hall–Kier alpha value is -2.56. The van der Waals surface area contributed by atoms with E-state index in [1.54, 1.807) is 31.2 Å². The van der Waals surface area contributed by atoms with E-state index in [9.17, 15) is 10.1 Å². The van der Waals surface area contributed by atoms with Crippen molar-refractivity contribution in [3.63, 3.8) is 0 Å². The van der Waals surface area contributed by atoms with Crippen LogP contribution in [0.4, 0.5) is 17.1 Å². The highest BCUT2D eigenvalue weighted by Crippen LogP contribution is 2.35. The first kappa shape index (κ1) is 11.9. The van der Waals surface area contributed by atoms with Gasteiger partial charge in [0.15, 0.2) is 0 Å². The molecular formula is C13H13N3O2. The van der Waals surface area contributed by atoms with Gasteiger partial charge in [-0.05, 0) is 36.8 Å². The summed E-state index contributed by atoms with van der Waals surface area (Å²) in [6, 6.07) is 9.99. The van der Waals surface area contributed by atoms with Crippen LogP contribution in [0.2, 0.25) is 0 Å². The standard InChI is InChI=1S/C13H13N3O2/c1-8-2-4-10(13(6-8)16(17)18)11-7-9(14)3-5-12(11)15/h2-7H,14-15H2,1H3. The summed E-state index contributed by atoms with van der Waals surface area (Å²) >= 11 is 0. The van der Waals surface area contributed by atoms with Crippen molar-refractivity contribution < 1.29 is 4.92 Å². The summed E-state index contributed by atoms with van der Waals surface area (Å²) in [6.07, 6.45) is 0. The van der Waals surface area contributed by atoms with Gasteiger partial charge in [-0.15, -0.1) is 0 Å². The van der Waals surface area contributed by atoms with Crippen molar-refractivity contribution in [3.8, 4) is 11.1 Å². The normalized spacial score (nSPS) is 10.3. The largest absolute Gasteiger partial charge is 0.399 e. The van der Waals surface area contributed by atoms with Crippen molar-refractivity contribution in [2.75, 3.05) is 11.5 Å². The molecule has 5 nitrogen and oxygen atoms in total. The maximum atomic E-state index is 11.1. The van der Waals surface area contributed by atoms with Crippen LogP contribution in [0.5, 0.6) is 0 Å². The molecule has 4 N–H and O–H groups in total. The number of hydrogen-bond acceptors (Lipinski definition) is 4. The Morgan fingerprint density at radius 1 is 1.06 bits per heavy atom. The summed E-state index contributed by atoms with van der Waals surface area (Å²) in [7, 11) is 0. The van der Waals surface area contributed by atoms with E-state index in [-0.39, 0.29) is 5.69 Å². The van der Waals surface area contributed by atoms with Gasteiger partial charge < -0.3 is 11.5 Å². The fourth-order valence-electron chi connectivity index (χ4n) is 1.83. The Kier molecular flexibility index (Phi) is 2.89. The van der Waals surface area contributed by atoms with Gasteiger partial charge in [-0.25, -0.2) is 0 Å². The molecule has 0 amide bonds. The average Bonchev–Trinajstić information content (AvgIpc) is 2.32. The van der Waals surface area contributed by atoms with Crippen LogP contribution in [-0.4, -0.2) is 4.92 Å². The smallest absolute Gasteiger partial charge is 0.277 e. The van der Waals surface area contributed by atoms with Crippen molar-refractivity contribution in [1.29, 1.82) is 0 Å². The Balaban J connectivity index is 2.70. The zero-order valence-corrected chi connectivity index (χ0v) is 9.88. The fraction of sp³-hybridized carbons (Fsp3) is 0.0769. The topological polar surface area (TPSA) is 95.2 Å². The van der Waals surface area contributed by atoms with Crippen molar-refractivity contribution >= 4 is 17.1 Å². The number of nitrogen functional groups attached to an aromatic ring is 2. The molecule has 0 aliphatic heterocycles. The third kappa shape index (κ3) is 2.10. The molecule has 0 saturated heterocycles. The molecule has 0 aliphatic rings. The van der Waals surface area contributed by atoms with E-state index in [4.69, 9.17) is 11.5 Å². The zero-order chi connectivity index (χ0) is 13.3. The molecule has 2 aromatic rings. The van der Waals surface area contributed by atoms with Crippen LogP contribution in [0.1, 0.15) is 5.56 Å². The van der Waals surface area contributed by atoms with E-state index in [1.807, 2.05) is 6.07 Å². The molecule has 0 spiro atoms. The highest BCUT2D eigenvalue weighted by atomic mass is 16.6. The molecule has 0 bridgehead atoms. The third-order valence-corrected chi connectivity index (χ3v) is 2.72. The lowest BCUT2D eigenvalue weighted by atomic mass is 10.00. The zero-order valence-electron chi connectivity index (χ0n) is 9.88. The third-order valence-electron chi connectivity index (χ3n) is 2.72. The second kappa shape index (κ2) is 4.37. The first-order chi connectivity index (χ1) is 8.49. The quantitative estimate of drug-likeness (QED) is 0.481. The Labute approximate surface area is 104 Å². The molecule has 0 atom stereocenters. The summed E-state index contributed by atoms with van der Waals surface area (Å²) < 4.78 is 0. The van der Waals surface area contributed by atoms with Crippen molar-refractivity contribution in [1.82, 2.24) is 0 Å². The first-order valence-corrected chi connectivity index (χ1v) is 5.39. The lowest BCUT2D eigenvalue weighted by Gasteiger charge is -2.08. The highest BCUT2D eigenvalue weighted by molar-refractivity contribution is 5.84. The van der Waals surface area contributed by atoms with E-state index in [0.29, 0.717) is 22.5 Å². The molecule has 0 unspecified atom stereocenters. The molecule has 5 heteroatoms. The second-order valence-electron chi connectivity index (χ2n) is 4.12. The van der Waals surface area contributed by atoms with Crippen LogP contribution in [0, 0.1) is 17.0 Å². The number of nitrogens with two attached hydrogens (primary N) is 2. The summed E-state index contributed by atoms with van der Waals surface area (Å²) in [6.45, 7) is 1.81. The van der Waals surface area contributed by atoms with Crippen molar-refractivity contribution in [2.24, 2.45) is 0 Å². The van der Waals surface area contributed by atoms with Gasteiger partial charge in [0.2, 0.25) is 0 Å². The lowest BCUT2D eigenvalue weighted by molar-refractivity contribution is -0.384. The van der Waals surface area contributed by atoms with E-state index in [1.165, 1.54) is 6.07 Å². The van der Waals surface area contributed by atoms with Crippen LogP contribution in [0.25, 0.3) is 11.1 Å². The monoisotopic (exact) mass is 243 g/mol. The fourth-order valence-corrected chi connectivity index (χ4v) is 1.83. The van der Waals surface area contributed by atoms with Crippen LogP contribution in [0.3, 0.4) is 0 Å². The number of nitrogens with zero attached hydrogens (tertiary/aromatic N) is 1. The predicted molar refractivity (Wildman–Crippen MR) is 72.1 cm³/mol. The molecule has 0 radical (unpaired) electrons. The van der Waals surface area contributed by atoms with E-state index in [2.05, 4.69) is 0 Å². The van der Waals surface area contributed by atoms with Gasteiger partial charge in [-0.2, -0.15) is 0 Å². The van der Waals surface area contributed by atoms with E-state index >= 15 is 0 Å². The van der Waals surface area contributed by atoms with Crippen LogP contribution >= 0.6 is 0 Å². The van der Waals surface area contributed by atoms with Gasteiger partial charge in [0.25, 0.3) is 5.69 Å². The highest BCUT2D eigenvalue weighted by Gasteiger charge is 2.17. The van der Waals surface area contributed by atoms with Gasteiger partial charge >= 0.3 is 0 Å². The summed E-state index contributed by atoms with van der Waals surface area (Å²) in [5.74, 6) is 0. The number of aryl methyl sites for hydroxylation is 1. The number of hydrogen-bond donors (Lipinski definition) is 2. The Morgan fingerprint density at radius 2 is 1.78 bits per heavy atom. The summed E-state index contributed by atoms with van der Waals surface area (Å²) in [5.41, 5.74) is 14.5. The maximum absolute atomic E-state index is 11.1. The van der Waals surface area contributed by atoms with E-state index < -0.39 is 4.92 Å². The molecule has 0 fully saturated rings. The lowest BCUT2D eigenvalue weighted by Crippen LogP contribution is -1.97. The van der Waals surface area contributed by atoms with Crippen molar-refractivity contribution in [3.05, 3.63) is 52.1 Å². The first-order valence-electron chi connectivity index (χ1n) is 5.39. The minimum Gasteiger partial charge on any atom is -0.399 e. The van der Waals surface area contributed by atoms with Crippen LogP contribution in [-0.2, 0) is 0 Å². The van der Waals surface area contributed by atoms with Gasteiger partial charge in [0.05, 0.1) is 10.5 Å². The van der Waals surface area contributed by atoms with Crippen molar-refractivity contribution in [2.45, 2.75) is 6.92 Å². The molecule has 2 rings (SSSR count). The molecule has 0 aromatic heterocycles. The number of nitro benzene ring substituents is 1. The maximum Gasteiger partial charge on any atom is 0.277 e. The molecule has 0 heterocycles. The number of benzene rings is 2. The number of rotatable bonds is 2. The summed E-state index contributed by atoms with van der Waals surface area (Å²) in [5, 5.41) is 11.1. The molecule has 2 aromatic carbocycles. The Bertz CT molecular complexity index is 624. The van der Waals surface area contributed by atoms with Crippen LogP contribution < -0.4 is 11.5 Å². The molecule has 0 aliphatic carbocycles. The van der Waals surface area contributed by atoms with Gasteiger partial charge in [-0.3, -0.25) is 10.1 Å². The number of nitro groups is 1. The Morgan fingerprint density at radius 3 is 2.44 bits per heavy atom. The van der Waals surface area contributed by atoms with Gasteiger partial charge in [-0.1, -0.05) is 6.07 Å².